The molecule has 0 spiro atoms. The van der Waals surface area contributed by atoms with Crippen molar-refractivity contribution in [3.63, 3.8) is 0 Å². The summed E-state index contributed by atoms with van der Waals surface area (Å²) < 4.78 is 8.51. The van der Waals surface area contributed by atoms with Gasteiger partial charge in [0.25, 0.3) is 0 Å². The van der Waals surface area contributed by atoms with Gasteiger partial charge in [0.1, 0.15) is 5.82 Å². The van der Waals surface area contributed by atoms with E-state index in [1.807, 2.05) is 36.7 Å². The van der Waals surface area contributed by atoms with Gasteiger partial charge in [0.2, 0.25) is 0 Å². The number of aromatic nitrogens is 3. The van der Waals surface area contributed by atoms with Crippen LogP contribution in [-0.2, 0) is 31.9 Å². The van der Waals surface area contributed by atoms with Crippen molar-refractivity contribution in [2.24, 2.45) is 0 Å². The number of benzene rings is 3. The second kappa shape index (κ2) is 10.9. The molecule has 6 aromatic rings. The van der Waals surface area contributed by atoms with Gasteiger partial charge < -0.3 is 14.3 Å². The minimum Gasteiger partial charge on any atom is -0.503 e. The summed E-state index contributed by atoms with van der Waals surface area (Å²) in [5, 5.41) is 2.26. The maximum absolute atomic E-state index is 6.34. The summed E-state index contributed by atoms with van der Waals surface area (Å²) in [5.74, 6) is 2.10. The quantitative estimate of drug-likeness (QED) is 0.171. The monoisotopic (exact) mass is 718 g/mol. The van der Waals surface area contributed by atoms with Gasteiger partial charge >= 0.3 is 21.1 Å². The number of fused-ring (bicyclic) bond motifs is 3. The van der Waals surface area contributed by atoms with Crippen LogP contribution in [0.4, 0.5) is 0 Å². The number of pyridine rings is 2. The molecule has 0 atom stereocenters. The smallest absolute Gasteiger partial charge is 0.503 e. The molecule has 0 radical (unpaired) electrons. The van der Waals surface area contributed by atoms with Crippen LogP contribution < -0.4 is 4.74 Å². The zero-order valence-corrected chi connectivity index (χ0v) is 26.5. The molecule has 0 saturated carbocycles. The van der Waals surface area contributed by atoms with E-state index in [0.717, 1.165) is 38.9 Å². The Morgan fingerprint density at radius 1 is 0.659 bits per heavy atom. The Balaban J connectivity index is 0.00000337. The van der Waals surface area contributed by atoms with Crippen LogP contribution in [0.15, 0.2) is 91.3 Å². The van der Waals surface area contributed by atoms with Crippen LogP contribution in [0.1, 0.15) is 52.7 Å². The fourth-order valence-corrected chi connectivity index (χ4v) is 5.00. The van der Waals surface area contributed by atoms with E-state index in [-0.39, 0.29) is 31.9 Å². The van der Waals surface area contributed by atoms with Crippen molar-refractivity contribution in [2.75, 3.05) is 0 Å². The number of rotatable bonds is 4. The molecule has 3 aromatic carbocycles. The van der Waals surface area contributed by atoms with Gasteiger partial charge in [-0.1, -0.05) is 77.4 Å². The van der Waals surface area contributed by atoms with Crippen molar-refractivity contribution < 1.29 is 25.8 Å². The van der Waals surface area contributed by atoms with Gasteiger partial charge in [-0.05, 0) is 57.3 Å². The molecule has 0 aliphatic rings. The fourth-order valence-electron chi connectivity index (χ4n) is 5.00. The third-order valence-corrected chi connectivity index (χ3v) is 7.29. The average molecular weight is 719 g/mol. The van der Waals surface area contributed by atoms with E-state index in [9.17, 15) is 0 Å². The van der Waals surface area contributed by atoms with E-state index in [2.05, 4.69) is 118 Å². The second-order valence-corrected chi connectivity index (χ2v) is 12.3. The molecule has 0 aliphatic heterocycles. The van der Waals surface area contributed by atoms with Crippen LogP contribution in [0.25, 0.3) is 38.9 Å². The predicted molar refractivity (Wildman–Crippen MR) is 163 cm³/mol. The molecule has 0 bridgehead atoms. The van der Waals surface area contributed by atoms with E-state index in [0.29, 0.717) is 11.5 Å². The van der Waals surface area contributed by atoms with E-state index in [1.54, 1.807) is 0 Å². The number of hydrogen-bond acceptors (Lipinski definition) is 3. The standard InChI is InChI=1S/C36H33N3O.Pt/c1-35(2,3)25-16-18-37-31(21-25)24-10-9-11-27(20-24)40-28-14-15-30-29-12-7-8-13-32(29)39(33(30)23-28)34-22-26(17-19-38-34)36(4,5)6;/h7-19,21-22H,1-6H3;/q-2;+2. The van der Waals surface area contributed by atoms with Crippen molar-refractivity contribution in [1.29, 1.82) is 0 Å². The van der Waals surface area contributed by atoms with E-state index < -0.39 is 0 Å². The molecule has 41 heavy (non-hydrogen) atoms. The summed E-state index contributed by atoms with van der Waals surface area (Å²) in [4.78, 5) is 9.37. The minimum absolute atomic E-state index is 0. The first-order valence-electron chi connectivity index (χ1n) is 13.7. The van der Waals surface area contributed by atoms with Crippen LogP contribution in [-0.4, -0.2) is 14.5 Å². The summed E-state index contributed by atoms with van der Waals surface area (Å²) in [6, 6.07) is 33.8. The van der Waals surface area contributed by atoms with Crippen molar-refractivity contribution in [2.45, 2.75) is 52.4 Å². The van der Waals surface area contributed by atoms with Crippen LogP contribution in [0, 0.1) is 12.1 Å². The molecule has 3 aromatic heterocycles. The third-order valence-electron chi connectivity index (χ3n) is 7.29. The number of nitrogens with zero attached hydrogens (tertiary/aromatic N) is 3. The van der Waals surface area contributed by atoms with Crippen molar-refractivity contribution in [3.8, 4) is 28.6 Å². The number of hydrogen-bond donors (Lipinski definition) is 0. The van der Waals surface area contributed by atoms with Gasteiger partial charge in [-0.15, -0.1) is 41.3 Å². The summed E-state index contributed by atoms with van der Waals surface area (Å²) >= 11 is 0. The fraction of sp³-hybridized carbons (Fsp3) is 0.222. The van der Waals surface area contributed by atoms with Gasteiger partial charge in [0.15, 0.2) is 0 Å². The third kappa shape index (κ3) is 5.72. The molecule has 4 nitrogen and oxygen atoms in total. The molecular formula is C36H33N3OPt. The summed E-state index contributed by atoms with van der Waals surface area (Å²) in [7, 11) is 0. The first kappa shape index (κ1) is 28.8. The Morgan fingerprint density at radius 2 is 1.34 bits per heavy atom. The average Bonchev–Trinajstić information content (AvgIpc) is 3.26. The number of ether oxygens (including phenoxy) is 1. The summed E-state index contributed by atoms with van der Waals surface area (Å²) in [6.45, 7) is 13.3. The van der Waals surface area contributed by atoms with Crippen molar-refractivity contribution in [3.05, 3.63) is 115 Å². The topological polar surface area (TPSA) is 39.9 Å². The largest absolute Gasteiger partial charge is 2.00 e. The van der Waals surface area contributed by atoms with E-state index in [4.69, 9.17) is 9.72 Å². The zero-order valence-electron chi connectivity index (χ0n) is 24.2. The molecule has 0 saturated heterocycles. The maximum atomic E-state index is 6.34. The van der Waals surface area contributed by atoms with Gasteiger partial charge in [-0.25, -0.2) is 4.98 Å². The normalized spacial score (nSPS) is 12.0. The molecule has 0 amide bonds. The summed E-state index contributed by atoms with van der Waals surface area (Å²) in [5.41, 5.74) is 6.28. The summed E-state index contributed by atoms with van der Waals surface area (Å²) in [6.07, 6.45) is 3.75. The van der Waals surface area contributed by atoms with E-state index >= 15 is 0 Å². The van der Waals surface area contributed by atoms with Gasteiger partial charge in [-0.2, -0.15) is 6.07 Å². The molecule has 3 heterocycles. The zero-order chi connectivity index (χ0) is 28.1. The van der Waals surface area contributed by atoms with Crippen molar-refractivity contribution >= 4 is 21.8 Å². The Labute approximate surface area is 256 Å². The SMILES string of the molecule is CC(C)(C)c1ccnc(-c2[c-]c(Oc3[c-]c4c(cc3)c3ccccc3n4-c3cc(C(C)(C)C)ccn3)ccc2)c1.[Pt+2]. The molecule has 0 unspecified atom stereocenters. The Morgan fingerprint density at radius 3 is 2.10 bits per heavy atom. The molecule has 0 aliphatic carbocycles. The molecule has 0 fully saturated rings. The van der Waals surface area contributed by atoms with Gasteiger partial charge in [-0.3, -0.25) is 0 Å². The van der Waals surface area contributed by atoms with Gasteiger partial charge in [0, 0.05) is 29.4 Å². The second-order valence-electron chi connectivity index (χ2n) is 12.3. The maximum Gasteiger partial charge on any atom is 2.00 e. The number of para-hydroxylation sites is 1. The molecule has 208 valence electrons. The molecule has 5 heteroatoms. The van der Waals surface area contributed by atoms with Gasteiger partial charge in [0.05, 0.1) is 0 Å². The van der Waals surface area contributed by atoms with Crippen LogP contribution in [0.2, 0.25) is 0 Å². The first-order chi connectivity index (χ1) is 19.1. The van der Waals surface area contributed by atoms with Crippen LogP contribution >= 0.6 is 0 Å². The Bertz CT molecular complexity index is 1860. The van der Waals surface area contributed by atoms with Crippen molar-refractivity contribution in [1.82, 2.24) is 14.5 Å². The van der Waals surface area contributed by atoms with E-state index in [1.165, 1.54) is 11.1 Å². The van der Waals surface area contributed by atoms with Crippen LogP contribution in [0.5, 0.6) is 11.5 Å². The Hall–Kier alpha value is -3.75. The molecule has 0 N–H and O–H groups in total. The first-order valence-corrected chi connectivity index (χ1v) is 13.7. The predicted octanol–water partition coefficient (Wildman–Crippen LogP) is 9.23. The molecular weight excluding hydrogens is 685 g/mol. The van der Waals surface area contributed by atoms with Crippen LogP contribution in [0.3, 0.4) is 0 Å². The Kier molecular flexibility index (Phi) is 7.65. The molecule has 6 rings (SSSR count). The minimum atomic E-state index is 0.